The number of hydrogen-bond donors (Lipinski definition) is 0. The van der Waals surface area contributed by atoms with Crippen LogP contribution >= 0.6 is 0 Å². The van der Waals surface area contributed by atoms with Crippen molar-refractivity contribution in [1.29, 1.82) is 0 Å². The van der Waals surface area contributed by atoms with Crippen LogP contribution < -0.4 is 0 Å². The molecule has 0 aromatic heterocycles. The maximum absolute atomic E-state index is 13.8. The van der Waals surface area contributed by atoms with Gasteiger partial charge in [0.15, 0.2) is 5.60 Å². The van der Waals surface area contributed by atoms with Crippen molar-refractivity contribution in [3.63, 3.8) is 0 Å². The number of halogens is 3. The van der Waals surface area contributed by atoms with Gasteiger partial charge in [0.2, 0.25) is 0 Å². The molecule has 1 aromatic carbocycles. The minimum Gasteiger partial charge on any atom is -0.466 e. The molecule has 3 atom stereocenters. The van der Waals surface area contributed by atoms with Gasteiger partial charge >= 0.3 is 18.1 Å². The average Bonchev–Trinajstić information content (AvgIpc) is 2.89. The first kappa shape index (κ1) is 21.2. The quantitative estimate of drug-likeness (QED) is 0.697. The number of rotatable bonds is 6. The van der Waals surface area contributed by atoms with Crippen LogP contribution in [0.2, 0.25) is 0 Å². The van der Waals surface area contributed by atoms with E-state index in [9.17, 15) is 22.8 Å². The first-order valence-corrected chi connectivity index (χ1v) is 8.55. The molecule has 9 heteroatoms. The molecule has 1 fully saturated rings. The number of nitrogens with zero attached hydrogens (tertiary/aromatic N) is 1. The third kappa shape index (κ3) is 4.24. The van der Waals surface area contributed by atoms with Gasteiger partial charge in [-0.05, 0) is 26.3 Å². The van der Waals surface area contributed by atoms with Crippen LogP contribution in [-0.4, -0.2) is 48.0 Å². The van der Waals surface area contributed by atoms with Crippen molar-refractivity contribution in [3.05, 3.63) is 35.9 Å². The van der Waals surface area contributed by atoms with Crippen molar-refractivity contribution in [3.8, 4) is 0 Å². The second-order valence-corrected chi connectivity index (χ2v) is 6.18. The Labute approximate surface area is 155 Å². The highest BCUT2D eigenvalue weighted by molar-refractivity contribution is 5.86. The van der Waals surface area contributed by atoms with Crippen molar-refractivity contribution in [2.75, 3.05) is 13.2 Å². The highest BCUT2D eigenvalue weighted by Gasteiger charge is 2.70. The number of hydrogen-bond acceptors (Lipinski definition) is 6. The zero-order chi connectivity index (χ0) is 20.2. The van der Waals surface area contributed by atoms with Crippen molar-refractivity contribution in [2.24, 2.45) is 5.92 Å². The van der Waals surface area contributed by atoms with E-state index in [0.29, 0.717) is 5.56 Å². The van der Waals surface area contributed by atoms with E-state index >= 15 is 0 Å². The molecule has 1 saturated heterocycles. The van der Waals surface area contributed by atoms with Crippen molar-refractivity contribution < 1.29 is 37.1 Å². The van der Waals surface area contributed by atoms with Crippen LogP contribution in [0, 0.1) is 5.92 Å². The average molecular weight is 389 g/mol. The summed E-state index contributed by atoms with van der Waals surface area (Å²) in [4.78, 5) is 30.0. The van der Waals surface area contributed by atoms with Gasteiger partial charge in [-0.15, -0.1) is 0 Å². The second kappa shape index (κ2) is 8.26. The van der Waals surface area contributed by atoms with E-state index < -0.39 is 35.7 Å². The SMILES string of the molecule is CCOC(=O)[C@@H]1[C@H](C(=O)OCC)N(Cc2ccccc2)O[C@@]1(C)C(F)(F)F. The Bertz CT molecular complexity index is 667. The summed E-state index contributed by atoms with van der Waals surface area (Å²) >= 11 is 0. The van der Waals surface area contributed by atoms with Gasteiger partial charge in [-0.3, -0.25) is 14.4 Å². The van der Waals surface area contributed by atoms with Gasteiger partial charge in [-0.2, -0.15) is 18.2 Å². The Hall–Kier alpha value is -2.13. The Kier molecular flexibility index (Phi) is 6.48. The second-order valence-electron chi connectivity index (χ2n) is 6.18. The molecule has 1 heterocycles. The molecule has 1 aliphatic rings. The summed E-state index contributed by atoms with van der Waals surface area (Å²) in [5.74, 6) is -4.05. The lowest BCUT2D eigenvalue weighted by molar-refractivity contribution is -0.322. The molecule has 0 saturated carbocycles. The van der Waals surface area contributed by atoms with Crippen molar-refractivity contribution in [1.82, 2.24) is 5.06 Å². The Morgan fingerprint density at radius 3 is 2.19 bits per heavy atom. The molecule has 150 valence electrons. The Morgan fingerprint density at radius 1 is 1.11 bits per heavy atom. The lowest BCUT2D eigenvalue weighted by Gasteiger charge is -2.30. The molecule has 0 spiro atoms. The monoisotopic (exact) mass is 389 g/mol. The van der Waals surface area contributed by atoms with Crippen LogP contribution in [0.15, 0.2) is 30.3 Å². The van der Waals surface area contributed by atoms with Crippen LogP contribution in [0.1, 0.15) is 26.3 Å². The molecule has 0 aliphatic carbocycles. The van der Waals surface area contributed by atoms with E-state index in [1.54, 1.807) is 30.3 Å². The molecule has 0 radical (unpaired) electrons. The molecule has 2 rings (SSSR count). The maximum Gasteiger partial charge on any atom is 0.420 e. The number of ether oxygens (including phenoxy) is 2. The maximum atomic E-state index is 13.8. The molecule has 27 heavy (non-hydrogen) atoms. The molecule has 6 nitrogen and oxygen atoms in total. The van der Waals surface area contributed by atoms with Crippen molar-refractivity contribution >= 4 is 11.9 Å². The molecule has 0 unspecified atom stereocenters. The van der Waals surface area contributed by atoms with Gasteiger partial charge < -0.3 is 9.47 Å². The molecule has 0 bridgehead atoms. The van der Waals surface area contributed by atoms with Gasteiger partial charge in [-0.1, -0.05) is 30.3 Å². The summed E-state index contributed by atoms with van der Waals surface area (Å²) in [5.41, 5.74) is -2.31. The fraction of sp³-hybridized carbons (Fsp3) is 0.556. The topological polar surface area (TPSA) is 65.1 Å². The summed E-state index contributed by atoms with van der Waals surface area (Å²) in [6, 6.07) is 6.92. The molecule has 1 aliphatic heterocycles. The van der Waals surface area contributed by atoms with Crippen LogP contribution in [0.25, 0.3) is 0 Å². The number of carbonyl (C=O) groups excluding carboxylic acids is 2. The molecular formula is C18H22F3NO5. The summed E-state index contributed by atoms with van der Waals surface area (Å²) < 4.78 is 51.2. The molecule has 0 amide bonds. The zero-order valence-corrected chi connectivity index (χ0v) is 15.3. The molecular weight excluding hydrogens is 367 g/mol. The van der Waals surface area contributed by atoms with Crippen LogP contribution in [0.5, 0.6) is 0 Å². The van der Waals surface area contributed by atoms with E-state index in [-0.39, 0.29) is 19.8 Å². The van der Waals surface area contributed by atoms with Gasteiger partial charge in [-0.25, -0.2) is 0 Å². The fourth-order valence-corrected chi connectivity index (χ4v) is 3.01. The summed E-state index contributed by atoms with van der Waals surface area (Å²) in [6.45, 7) is 3.43. The van der Waals surface area contributed by atoms with E-state index in [2.05, 4.69) is 0 Å². The zero-order valence-electron chi connectivity index (χ0n) is 15.3. The largest absolute Gasteiger partial charge is 0.466 e. The first-order chi connectivity index (χ1) is 12.7. The van der Waals surface area contributed by atoms with E-state index in [1.165, 1.54) is 13.8 Å². The predicted octanol–water partition coefficient (Wildman–Crippen LogP) is 2.87. The molecule has 0 N–H and O–H groups in total. The summed E-state index contributed by atoms with van der Waals surface area (Å²) in [5, 5.41) is 0.863. The van der Waals surface area contributed by atoms with Crippen LogP contribution in [0.3, 0.4) is 0 Å². The summed E-state index contributed by atoms with van der Waals surface area (Å²) in [7, 11) is 0. The van der Waals surface area contributed by atoms with E-state index in [1.807, 2.05) is 0 Å². The minimum absolute atomic E-state index is 0.0488. The van der Waals surface area contributed by atoms with Crippen LogP contribution in [-0.2, 0) is 30.4 Å². The fourth-order valence-electron chi connectivity index (χ4n) is 3.01. The lowest BCUT2D eigenvalue weighted by Crippen LogP contribution is -2.53. The number of carbonyl (C=O) groups is 2. The van der Waals surface area contributed by atoms with E-state index in [4.69, 9.17) is 14.3 Å². The van der Waals surface area contributed by atoms with Crippen molar-refractivity contribution in [2.45, 2.75) is 45.1 Å². The Balaban J connectivity index is 2.48. The number of benzene rings is 1. The first-order valence-electron chi connectivity index (χ1n) is 8.55. The minimum atomic E-state index is -4.92. The predicted molar refractivity (Wildman–Crippen MR) is 88.1 cm³/mol. The van der Waals surface area contributed by atoms with E-state index in [0.717, 1.165) is 12.0 Å². The van der Waals surface area contributed by atoms with Gasteiger partial charge in [0.05, 0.1) is 19.8 Å². The lowest BCUT2D eigenvalue weighted by atomic mass is 9.83. The smallest absolute Gasteiger partial charge is 0.420 e. The standard InChI is InChI=1S/C18H22F3NO5/c1-4-25-15(23)13-14(16(24)26-5-2)22(11-12-9-7-6-8-10-12)27-17(13,3)18(19,20)21/h6-10,13-14H,4-5,11H2,1-3H3/t13-,14+,17+/m0/s1. The molecule has 1 aromatic rings. The number of esters is 2. The van der Waals surface area contributed by atoms with Crippen LogP contribution in [0.4, 0.5) is 13.2 Å². The number of hydroxylamine groups is 2. The van der Waals surface area contributed by atoms with Gasteiger partial charge in [0, 0.05) is 0 Å². The third-order valence-corrected chi connectivity index (χ3v) is 4.34. The highest BCUT2D eigenvalue weighted by Crippen LogP contribution is 2.48. The number of alkyl halides is 3. The van der Waals surface area contributed by atoms with Gasteiger partial charge in [0.1, 0.15) is 12.0 Å². The summed E-state index contributed by atoms with van der Waals surface area (Å²) in [6.07, 6.45) is -4.92. The third-order valence-electron chi connectivity index (χ3n) is 4.34. The normalized spacial score (nSPS) is 26.0. The Morgan fingerprint density at radius 2 is 1.67 bits per heavy atom. The van der Waals surface area contributed by atoms with Gasteiger partial charge in [0.25, 0.3) is 0 Å². The highest BCUT2D eigenvalue weighted by atomic mass is 19.4.